The average molecular weight is 299 g/mol. The number of nitrogens with one attached hydrogen (secondary N) is 1. The molecule has 0 amide bonds. The van der Waals surface area contributed by atoms with Crippen LogP contribution in [0.15, 0.2) is 36.5 Å². The number of hydrogen-bond acceptors (Lipinski definition) is 2. The van der Waals surface area contributed by atoms with E-state index in [1.54, 1.807) is 13.0 Å². The summed E-state index contributed by atoms with van der Waals surface area (Å²) in [5.74, 6) is 0. The van der Waals surface area contributed by atoms with Crippen LogP contribution in [0, 0.1) is 0 Å². The van der Waals surface area contributed by atoms with Crippen molar-refractivity contribution in [2.24, 2.45) is 0 Å². The van der Waals surface area contributed by atoms with Gasteiger partial charge >= 0.3 is 0 Å². The van der Waals surface area contributed by atoms with Crippen molar-refractivity contribution in [1.82, 2.24) is 9.88 Å². The highest BCUT2D eigenvalue weighted by molar-refractivity contribution is 6.35. The summed E-state index contributed by atoms with van der Waals surface area (Å²) in [5, 5.41) is 13.7. The fourth-order valence-electron chi connectivity index (χ4n) is 1.88. The van der Waals surface area contributed by atoms with E-state index in [9.17, 15) is 5.11 Å². The van der Waals surface area contributed by atoms with Crippen LogP contribution in [-0.4, -0.2) is 22.3 Å². The van der Waals surface area contributed by atoms with E-state index in [-0.39, 0.29) is 6.10 Å². The summed E-state index contributed by atoms with van der Waals surface area (Å²) in [6.45, 7) is 2.97. The van der Waals surface area contributed by atoms with Crippen LogP contribution in [0.25, 0.3) is 5.69 Å². The lowest BCUT2D eigenvalue weighted by atomic mass is 10.3. The number of nitrogens with zero attached hydrogens (tertiary/aromatic N) is 1. The van der Waals surface area contributed by atoms with Crippen LogP contribution in [0.1, 0.15) is 12.6 Å². The summed E-state index contributed by atoms with van der Waals surface area (Å²) in [4.78, 5) is 0. The van der Waals surface area contributed by atoms with Gasteiger partial charge in [-0.3, -0.25) is 0 Å². The Morgan fingerprint density at radius 1 is 1.32 bits per heavy atom. The molecule has 102 valence electrons. The van der Waals surface area contributed by atoms with Crippen molar-refractivity contribution in [2.45, 2.75) is 19.6 Å². The van der Waals surface area contributed by atoms with Crippen LogP contribution in [-0.2, 0) is 6.54 Å². The summed E-state index contributed by atoms with van der Waals surface area (Å²) < 4.78 is 2.01. The molecule has 0 radical (unpaired) electrons. The predicted octanol–water partition coefficient (Wildman–Crippen LogP) is 3.25. The molecule has 1 aromatic carbocycles. The van der Waals surface area contributed by atoms with E-state index in [0.29, 0.717) is 23.1 Å². The maximum atomic E-state index is 9.24. The van der Waals surface area contributed by atoms with Gasteiger partial charge in [0.2, 0.25) is 0 Å². The summed E-state index contributed by atoms with van der Waals surface area (Å²) in [6.07, 6.45) is 1.59. The molecule has 2 rings (SSSR count). The van der Waals surface area contributed by atoms with Gasteiger partial charge < -0.3 is 15.0 Å². The normalized spacial score (nSPS) is 12.6. The molecule has 0 fully saturated rings. The highest BCUT2D eigenvalue weighted by Crippen LogP contribution is 2.25. The Kier molecular flexibility index (Phi) is 4.88. The van der Waals surface area contributed by atoms with Crippen LogP contribution < -0.4 is 5.32 Å². The van der Waals surface area contributed by atoms with Gasteiger partial charge in [-0.1, -0.05) is 23.2 Å². The van der Waals surface area contributed by atoms with E-state index in [1.807, 2.05) is 35.0 Å². The van der Waals surface area contributed by atoms with Crippen molar-refractivity contribution in [3.05, 3.63) is 52.3 Å². The molecule has 3 nitrogen and oxygen atoms in total. The molecule has 1 atom stereocenters. The lowest BCUT2D eigenvalue weighted by molar-refractivity contribution is 0.190. The smallest absolute Gasteiger partial charge is 0.0661 e. The van der Waals surface area contributed by atoms with Gasteiger partial charge in [0, 0.05) is 30.0 Å². The number of rotatable bonds is 5. The van der Waals surface area contributed by atoms with Crippen molar-refractivity contribution in [1.29, 1.82) is 0 Å². The Bertz CT molecular complexity index is 552. The van der Waals surface area contributed by atoms with Gasteiger partial charge in [0.05, 0.1) is 16.8 Å². The molecule has 0 aliphatic carbocycles. The van der Waals surface area contributed by atoms with Crippen LogP contribution >= 0.6 is 23.2 Å². The SMILES string of the molecule is CC(O)CNCc1cccn1-c1ccc(Cl)cc1Cl. The van der Waals surface area contributed by atoms with Gasteiger partial charge in [-0.25, -0.2) is 0 Å². The molecule has 1 heterocycles. The topological polar surface area (TPSA) is 37.2 Å². The van der Waals surface area contributed by atoms with Crippen molar-refractivity contribution in [3.63, 3.8) is 0 Å². The van der Waals surface area contributed by atoms with Crippen LogP contribution in [0.5, 0.6) is 0 Å². The zero-order chi connectivity index (χ0) is 13.8. The average Bonchev–Trinajstić information content (AvgIpc) is 2.77. The number of benzene rings is 1. The van der Waals surface area contributed by atoms with Gasteiger partial charge in [-0.15, -0.1) is 0 Å². The Labute approximate surface area is 122 Å². The summed E-state index contributed by atoms with van der Waals surface area (Å²) in [6, 6.07) is 9.41. The van der Waals surface area contributed by atoms with Crippen LogP contribution in [0.3, 0.4) is 0 Å². The first kappa shape index (κ1) is 14.4. The molecule has 0 aliphatic rings. The number of aliphatic hydroxyl groups excluding tert-OH is 1. The van der Waals surface area contributed by atoms with Crippen molar-refractivity contribution < 1.29 is 5.11 Å². The molecular formula is C14H16Cl2N2O. The van der Waals surface area contributed by atoms with E-state index >= 15 is 0 Å². The van der Waals surface area contributed by atoms with Gasteiger partial charge in [-0.05, 0) is 37.3 Å². The third kappa shape index (κ3) is 3.74. The third-order valence-electron chi connectivity index (χ3n) is 2.75. The van der Waals surface area contributed by atoms with Crippen LogP contribution in [0.4, 0.5) is 0 Å². The monoisotopic (exact) mass is 298 g/mol. The molecule has 0 bridgehead atoms. The summed E-state index contributed by atoms with van der Waals surface area (Å²) >= 11 is 12.1. The van der Waals surface area contributed by atoms with Crippen molar-refractivity contribution in [3.8, 4) is 5.69 Å². The molecule has 0 spiro atoms. The second-order valence-corrected chi connectivity index (χ2v) is 5.29. The molecule has 19 heavy (non-hydrogen) atoms. The molecule has 0 aliphatic heterocycles. The van der Waals surface area contributed by atoms with Crippen molar-refractivity contribution in [2.75, 3.05) is 6.54 Å². The van der Waals surface area contributed by atoms with Gasteiger partial charge in [0.1, 0.15) is 0 Å². The van der Waals surface area contributed by atoms with Gasteiger partial charge in [0.15, 0.2) is 0 Å². The number of hydrogen-bond donors (Lipinski definition) is 2. The zero-order valence-corrected chi connectivity index (χ0v) is 12.1. The maximum Gasteiger partial charge on any atom is 0.0661 e. The number of halogens is 2. The number of aliphatic hydroxyl groups is 1. The Hall–Kier alpha value is -1.000. The molecule has 2 N–H and O–H groups in total. The summed E-state index contributed by atoms with van der Waals surface area (Å²) in [5.41, 5.74) is 1.97. The second-order valence-electron chi connectivity index (χ2n) is 4.45. The first-order valence-electron chi connectivity index (χ1n) is 6.08. The van der Waals surface area contributed by atoms with E-state index in [1.165, 1.54) is 0 Å². The number of aromatic nitrogens is 1. The van der Waals surface area contributed by atoms with Crippen molar-refractivity contribution >= 4 is 23.2 Å². The molecule has 1 aromatic heterocycles. The maximum absolute atomic E-state index is 9.24. The molecule has 5 heteroatoms. The predicted molar refractivity (Wildman–Crippen MR) is 79.2 cm³/mol. The van der Waals surface area contributed by atoms with E-state index in [4.69, 9.17) is 23.2 Å². The third-order valence-corrected chi connectivity index (χ3v) is 3.29. The minimum Gasteiger partial charge on any atom is -0.392 e. The minimum atomic E-state index is -0.359. The second kappa shape index (κ2) is 6.44. The Morgan fingerprint density at radius 3 is 2.79 bits per heavy atom. The molecule has 0 saturated carbocycles. The largest absolute Gasteiger partial charge is 0.392 e. The highest BCUT2D eigenvalue weighted by Gasteiger charge is 2.07. The van der Waals surface area contributed by atoms with E-state index in [2.05, 4.69) is 5.32 Å². The molecule has 1 unspecified atom stereocenters. The standard InChI is InChI=1S/C14H16Cl2N2O/c1-10(19)8-17-9-12-3-2-6-18(12)14-5-4-11(15)7-13(14)16/h2-7,10,17,19H,8-9H2,1H3. The quantitative estimate of drug-likeness (QED) is 0.889. The van der Waals surface area contributed by atoms with Gasteiger partial charge in [0.25, 0.3) is 0 Å². The Balaban J connectivity index is 2.19. The van der Waals surface area contributed by atoms with Crippen LogP contribution in [0.2, 0.25) is 10.0 Å². The summed E-state index contributed by atoms with van der Waals surface area (Å²) in [7, 11) is 0. The first-order chi connectivity index (χ1) is 9.08. The van der Waals surface area contributed by atoms with E-state index in [0.717, 1.165) is 11.4 Å². The minimum absolute atomic E-state index is 0.359. The van der Waals surface area contributed by atoms with E-state index < -0.39 is 0 Å². The van der Waals surface area contributed by atoms with Gasteiger partial charge in [-0.2, -0.15) is 0 Å². The highest BCUT2D eigenvalue weighted by atomic mass is 35.5. The zero-order valence-electron chi connectivity index (χ0n) is 10.6. The fourth-order valence-corrected chi connectivity index (χ4v) is 2.38. The molecule has 2 aromatic rings. The lowest BCUT2D eigenvalue weighted by Gasteiger charge is -2.12. The Morgan fingerprint density at radius 2 is 2.11 bits per heavy atom. The molecular weight excluding hydrogens is 283 g/mol. The fraction of sp³-hybridized carbons (Fsp3) is 0.286. The molecule has 0 saturated heterocycles. The first-order valence-corrected chi connectivity index (χ1v) is 6.84. The lowest BCUT2D eigenvalue weighted by Crippen LogP contribution is -2.24.